The molecule has 1 aliphatic heterocycles. The van der Waals surface area contributed by atoms with Gasteiger partial charge in [-0.05, 0) is 55.2 Å². The van der Waals surface area contributed by atoms with Gasteiger partial charge in [-0.25, -0.2) is 0 Å². The monoisotopic (exact) mass is 407 g/mol. The van der Waals surface area contributed by atoms with E-state index in [2.05, 4.69) is 0 Å². The lowest BCUT2D eigenvalue weighted by atomic mass is 9.97. The fourth-order valence-electron chi connectivity index (χ4n) is 4.24. The molecular formula is C24H25NO5. The lowest BCUT2D eigenvalue weighted by molar-refractivity contribution is 0.0707. The zero-order chi connectivity index (χ0) is 21.4. The molecule has 4 rings (SSSR count). The average Bonchev–Trinajstić information content (AvgIpc) is 3.01. The Hall–Kier alpha value is -3.12. The molecule has 0 radical (unpaired) electrons. The molecule has 6 heteroatoms. The highest BCUT2D eigenvalue weighted by atomic mass is 16.5. The first-order valence-corrected chi connectivity index (χ1v) is 9.98. The maximum atomic E-state index is 13.6. The number of ether oxygens (including phenoxy) is 2. The summed E-state index contributed by atoms with van der Waals surface area (Å²) in [7, 11) is 3.22. The van der Waals surface area contributed by atoms with E-state index in [9.17, 15) is 9.59 Å². The molecule has 0 saturated carbocycles. The van der Waals surface area contributed by atoms with Crippen LogP contribution >= 0.6 is 0 Å². The van der Waals surface area contributed by atoms with Crippen LogP contribution in [0.4, 0.5) is 0 Å². The number of fused-ring (bicyclic) bond motifs is 2. The van der Waals surface area contributed by atoms with Gasteiger partial charge < -0.3 is 18.8 Å². The van der Waals surface area contributed by atoms with Crippen molar-refractivity contribution in [1.82, 2.24) is 4.90 Å². The van der Waals surface area contributed by atoms with Gasteiger partial charge in [-0.1, -0.05) is 18.2 Å². The highest BCUT2D eigenvalue weighted by molar-refractivity contribution is 5.99. The standard InChI is InChI=1S/C24H25NO5/c1-14-11-15(2)22-18(12-14)21(26)19-20(16-7-5-8-17(13-16)29-4)25(9-6-10-28-3)24(27)23(19)30-22/h5,7-8,11-13,20H,6,9-10H2,1-4H3. The summed E-state index contributed by atoms with van der Waals surface area (Å²) in [5, 5.41) is 0.505. The van der Waals surface area contributed by atoms with Gasteiger partial charge in [-0.15, -0.1) is 0 Å². The molecule has 0 bridgehead atoms. The molecule has 1 aromatic heterocycles. The third-order valence-corrected chi connectivity index (χ3v) is 5.55. The third kappa shape index (κ3) is 3.27. The van der Waals surface area contributed by atoms with Gasteiger partial charge in [-0.3, -0.25) is 9.59 Å². The number of rotatable bonds is 6. The molecular weight excluding hydrogens is 382 g/mol. The number of hydrogen-bond acceptors (Lipinski definition) is 5. The van der Waals surface area contributed by atoms with Gasteiger partial charge in [0.1, 0.15) is 11.3 Å². The Morgan fingerprint density at radius 3 is 2.63 bits per heavy atom. The molecule has 3 aromatic rings. The van der Waals surface area contributed by atoms with Crippen LogP contribution in [0.2, 0.25) is 0 Å². The predicted octanol–water partition coefficient (Wildman–Crippen LogP) is 4.00. The van der Waals surface area contributed by atoms with Crippen molar-refractivity contribution in [3.05, 3.63) is 74.6 Å². The molecule has 2 heterocycles. The number of carbonyl (C=O) groups is 1. The molecule has 0 spiro atoms. The Morgan fingerprint density at radius 1 is 1.10 bits per heavy atom. The van der Waals surface area contributed by atoms with Crippen LogP contribution in [0.25, 0.3) is 11.0 Å². The molecule has 1 unspecified atom stereocenters. The van der Waals surface area contributed by atoms with Crippen LogP contribution in [0, 0.1) is 13.8 Å². The summed E-state index contributed by atoms with van der Waals surface area (Å²) >= 11 is 0. The van der Waals surface area contributed by atoms with Crippen LogP contribution in [0.15, 0.2) is 45.6 Å². The van der Waals surface area contributed by atoms with E-state index in [1.54, 1.807) is 19.1 Å². The van der Waals surface area contributed by atoms with E-state index >= 15 is 0 Å². The second-order valence-corrected chi connectivity index (χ2v) is 7.66. The van der Waals surface area contributed by atoms with Crippen molar-refractivity contribution in [1.29, 1.82) is 0 Å². The van der Waals surface area contributed by atoms with Gasteiger partial charge in [0.15, 0.2) is 5.43 Å². The van der Waals surface area contributed by atoms with Crippen LogP contribution in [-0.4, -0.2) is 38.2 Å². The fraction of sp³-hybridized carbons (Fsp3) is 0.333. The summed E-state index contributed by atoms with van der Waals surface area (Å²) in [6, 6.07) is 10.7. The van der Waals surface area contributed by atoms with E-state index < -0.39 is 6.04 Å². The van der Waals surface area contributed by atoms with E-state index in [4.69, 9.17) is 13.9 Å². The largest absolute Gasteiger partial charge is 0.497 e. The van der Waals surface area contributed by atoms with Crippen molar-refractivity contribution in [3.8, 4) is 5.75 Å². The predicted molar refractivity (Wildman–Crippen MR) is 114 cm³/mol. The number of hydrogen-bond donors (Lipinski definition) is 0. The fourth-order valence-corrected chi connectivity index (χ4v) is 4.24. The third-order valence-electron chi connectivity index (χ3n) is 5.55. The molecule has 0 N–H and O–H groups in total. The normalized spacial score (nSPS) is 15.7. The second kappa shape index (κ2) is 7.95. The SMILES string of the molecule is COCCCN1C(=O)c2oc3c(C)cc(C)cc3c(=O)c2C1c1cccc(OC)c1. The van der Waals surface area contributed by atoms with Gasteiger partial charge in [-0.2, -0.15) is 0 Å². The summed E-state index contributed by atoms with van der Waals surface area (Å²) in [4.78, 5) is 28.6. The Balaban J connectivity index is 1.95. The highest BCUT2D eigenvalue weighted by Gasteiger charge is 2.42. The molecule has 0 saturated heterocycles. The van der Waals surface area contributed by atoms with Crippen molar-refractivity contribution in [2.75, 3.05) is 27.4 Å². The molecule has 0 aliphatic carbocycles. The minimum Gasteiger partial charge on any atom is -0.497 e. The van der Waals surface area contributed by atoms with Gasteiger partial charge in [0, 0.05) is 20.3 Å². The topological polar surface area (TPSA) is 69.0 Å². The zero-order valence-electron chi connectivity index (χ0n) is 17.7. The number of amides is 1. The van der Waals surface area contributed by atoms with Crippen molar-refractivity contribution >= 4 is 16.9 Å². The molecule has 0 fully saturated rings. The van der Waals surface area contributed by atoms with E-state index in [-0.39, 0.29) is 17.1 Å². The van der Waals surface area contributed by atoms with E-state index in [0.717, 1.165) is 16.7 Å². The summed E-state index contributed by atoms with van der Waals surface area (Å²) in [5.74, 6) is 0.527. The van der Waals surface area contributed by atoms with Crippen LogP contribution < -0.4 is 10.2 Å². The summed E-state index contributed by atoms with van der Waals surface area (Å²) < 4.78 is 16.6. The zero-order valence-corrected chi connectivity index (χ0v) is 17.7. The Labute approximate surface area is 175 Å². The van der Waals surface area contributed by atoms with Crippen LogP contribution in [0.1, 0.15) is 45.3 Å². The molecule has 6 nitrogen and oxygen atoms in total. The molecule has 156 valence electrons. The number of carbonyl (C=O) groups excluding carboxylic acids is 1. The lowest BCUT2D eigenvalue weighted by Gasteiger charge is -2.25. The molecule has 30 heavy (non-hydrogen) atoms. The highest BCUT2D eigenvalue weighted by Crippen LogP contribution is 2.39. The van der Waals surface area contributed by atoms with Crippen LogP contribution in [-0.2, 0) is 4.74 Å². The van der Waals surface area contributed by atoms with Gasteiger partial charge in [0.25, 0.3) is 5.91 Å². The number of benzene rings is 2. The van der Waals surface area contributed by atoms with Crippen molar-refractivity contribution in [3.63, 3.8) is 0 Å². The van der Waals surface area contributed by atoms with Crippen LogP contribution in [0.5, 0.6) is 5.75 Å². The van der Waals surface area contributed by atoms with Crippen molar-refractivity contribution in [2.45, 2.75) is 26.3 Å². The average molecular weight is 407 g/mol. The Morgan fingerprint density at radius 2 is 1.90 bits per heavy atom. The first kappa shape index (κ1) is 20.2. The van der Waals surface area contributed by atoms with Gasteiger partial charge in [0.2, 0.25) is 5.76 Å². The van der Waals surface area contributed by atoms with Crippen LogP contribution in [0.3, 0.4) is 0 Å². The van der Waals surface area contributed by atoms with Gasteiger partial charge >= 0.3 is 0 Å². The summed E-state index contributed by atoms with van der Waals surface area (Å²) in [6.45, 7) is 4.81. The lowest BCUT2D eigenvalue weighted by Crippen LogP contribution is -2.31. The first-order chi connectivity index (χ1) is 14.5. The summed E-state index contributed by atoms with van der Waals surface area (Å²) in [5.41, 5.74) is 3.34. The quantitative estimate of drug-likeness (QED) is 0.578. The second-order valence-electron chi connectivity index (χ2n) is 7.66. The minimum absolute atomic E-state index is 0.129. The van der Waals surface area contributed by atoms with Crippen molar-refractivity contribution < 1.29 is 18.7 Å². The Kier molecular flexibility index (Phi) is 5.35. The smallest absolute Gasteiger partial charge is 0.290 e. The minimum atomic E-state index is -0.527. The van der Waals surface area contributed by atoms with Crippen molar-refractivity contribution in [2.24, 2.45) is 0 Å². The number of methoxy groups -OCH3 is 2. The summed E-state index contributed by atoms with van der Waals surface area (Å²) in [6.07, 6.45) is 0.655. The van der Waals surface area contributed by atoms with E-state index in [1.807, 2.05) is 50.2 Å². The molecule has 1 atom stereocenters. The Bertz CT molecular complexity index is 1180. The first-order valence-electron chi connectivity index (χ1n) is 9.98. The molecule has 1 aliphatic rings. The molecule has 1 amide bonds. The van der Waals surface area contributed by atoms with Gasteiger partial charge in [0.05, 0.1) is 24.1 Å². The van der Waals surface area contributed by atoms with E-state index in [1.165, 1.54) is 0 Å². The van der Waals surface area contributed by atoms with E-state index in [0.29, 0.717) is 41.9 Å². The maximum absolute atomic E-state index is 13.6. The number of aryl methyl sites for hydroxylation is 2. The maximum Gasteiger partial charge on any atom is 0.290 e. The molecule has 2 aromatic carbocycles. The number of nitrogens with zero attached hydrogens (tertiary/aromatic N) is 1.